The zero-order chi connectivity index (χ0) is 16.6. The second kappa shape index (κ2) is 5.66. The van der Waals surface area contributed by atoms with E-state index in [4.69, 9.17) is 0 Å². The van der Waals surface area contributed by atoms with Crippen LogP contribution < -0.4 is 4.72 Å². The molecule has 0 radical (unpaired) electrons. The van der Waals surface area contributed by atoms with E-state index < -0.39 is 10.0 Å². The number of rotatable bonds is 3. The number of benzene rings is 2. The average molecular weight is 327 g/mol. The summed E-state index contributed by atoms with van der Waals surface area (Å²) in [7, 11) is -3.68. The standard InChI is InChI=1S/C18H17NO3S/c1-12-4-7-15(8-5-12)23(21,22)19-11-17-16-9-13(2)3-6-14(16)10-18(17)20/h3-9,11,19H,10H2,1-2H3/b17-11-. The molecule has 0 spiro atoms. The molecule has 0 bridgehead atoms. The molecule has 23 heavy (non-hydrogen) atoms. The Bertz CT molecular complexity index is 910. The van der Waals surface area contributed by atoms with E-state index in [2.05, 4.69) is 4.72 Å². The summed E-state index contributed by atoms with van der Waals surface area (Å²) in [6, 6.07) is 12.3. The van der Waals surface area contributed by atoms with Crippen LogP contribution in [0.5, 0.6) is 0 Å². The van der Waals surface area contributed by atoms with Gasteiger partial charge in [0.15, 0.2) is 5.78 Å². The van der Waals surface area contributed by atoms with E-state index in [0.717, 1.165) is 22.3 Å². The number of carbonyl (C=O) groups is 1. The highest BCUT2D eigenvalue weighted by Crippen LogP contribution is 2.30. The van der Waals surface area contributed by atoms with Gasteiger partial charge in [0, 0.05) is 18.2 Å². The van der Waals surface area contributed by atoms with E-state index >= 15 is 0 Å². The normalized spacial score (nSPS) is 15.7. The van der Waals surface area contributed by atoms with Crippen LogP contribution >= 0.6 is 0 Å². The Labute approximate surface area is 135 Å². The molecule has 0 heterocycles. The lowest BCUT2D eigenvalue weighted by molar-refractivity contribution is -0.112. The number of carbonyl (C=O) groups excluding carboxylic acids is 1. The Balaban J connectivity index is 1.93. The summed E-state index contributed by atoms with van der Waals surface area (Å²) >= 11 is 0. The number of nitrogens with one attached hydrogen (secondary N) is 1. The number of sulfonamides is 1. The van der Waals surface area contributed by atoms with Gasteiger partial charge in [0.25, 0.3) is 10.0 Å². The largest absolute Gasteiger partial charge is 0.294 e. The molecule has 5 heteroatoms. The van der Waals surface area contributed by atoms with Crippen LogP contribution in [0.4, 0.5) is 0 Å². The molecule has 3 rings (SSSR count). The second-order valence-corrected chi connectivity index (χ2v) is 7.47. The van der Waals surface area contributed by atoms with E-state index in [1.807, 2.05) is 32.0 Å². The maximum absolute atomic E-state index is 12.3. The SMILES string of the molecule is Cc1ccc(S(=O)(=O)N/C=C2\C(=O)Cc3ccc(C)cc32)cc1. The van der Waals surface area contributed by atoms with E-state index in [9.17, 15) is 13.2 Å². The van der Waals surface area contributed by atoms with Crippen molar-refractivity contribution < 1.29 is 13.2 Å². The fraction of sp³-hybridized carbons (Fsp3) is 0.167. The number of fused-ring (bicyclic) bond motifs is 1. The number of hydrogen-bond acceptors (Lipinski definition) is 3. The van der Waals surface area contributed by atoms with Crippen LogP contribution in [0.1, 0.15) is 22.3 Å². The van der Waals surface area contributed by atoms with Gasteiger partial charge in [-0.1, -0.05) is 41.5 Å². The first-order chi connectivity index (χ1) is 10.9. The first-order valence-corrected chi connectivity index (χ1v) is 8.77. The summed E-state index contributed by atoms with van der Waals surface area (Å²) in [5, 5.41) is 0. The molecule has 0 saturated heterocycles. The Morgan fingerprint density at radius 2 is 1.65 bits per heavy atom. The van der Waals surface area contributed by atoms with Gasteiger partial charge >= 0.3 is 0 Å². The van der Waals surface area contributed by atoms with Crippen LogP contribution in [0.15, 0.2) is 53.6 Å². The third-order valence-corrected chi connectivity index (χ3v) is 5.22. The molecule has 0 aliphatic heterocycles. The molecule has 118 valence electrons. The predicted octanol–water partition coefficient (Wildman–Crippen LogP) is 2.75. The summed E-state index contributed by atoms with van der Waals surface area (Å²) in [6.07, 6.45) is 1.62. The summed E-state index contributed by atoms with van der Waals surface area (Å²) in [4.78, 5) is 12.3. The Kier molecular flexibility index (Phi) is 3.82. The lowest BCUT2D eigenvalue weighted by Crippen LogP contribution is -2.19. The summed E-state index contributed by atoms with van der Waals surface area (Å²) in [5.41, 5.74) is 4.17. The molecule has 1 aliphatic carbocycles. The highest BCUT2D eigenvalue weighted by atomic mass is 32.2. The number of allylic oxidation sites excluding steroid dienone is 1. The van der Waals surface area contributed by atoms with E-state index in [0.29, 0.717) is 12.0 Å². The highest BCUT2D eigenvalue weighted by molar-refractivity contribution is 7.89. The third kappa shape index (κ3) is 3.05. The van der Waals surface area contributed by atoms with Crippen LogP contribution in [0.2, 0.25) is 0 Å². The lowest BCUT2D eigenvalue weighted by Gasteiger charge is -2.06. The van der Waals surface area contributed by atoms with Gasteiger partial charge in [-0.2, -0.15) is 0 Å². The van der Waals surface area contributed by atoms with Gasteiger partial charge < -0.3 is 0 Å². The smallest absolute Gasteiger partial charge is 0.261 e. The highest BCUT2D eigenvalue weighted by Gasteiger charge is 2.25. The van der Waals surface area contributed by atoms with Crippen molar-refractivity contribution in [2.75, 3.05) is 0 Å². The topological polar surface area (TPSA) is 63.2 Å². The Hall–Kier alpha value is -2.40. The maximum atomic E-state index is 12.3. The van der Waals surface area contributed by atoms with Crippen LogP contribution in [-0.4, -0.2) is 14.2 Å². The number of hydrogen-bond donors (Lipinski definition) is 1. The van der Waals surface area contributed by atoms with Crippen molar-refractivity contribution in [3.8, 4) is 0 Å². The van der Waals surface area contributed by atoms with Gasteiger partial charge in [-0.15, -0.1) is 0 Å². The van der Waals surface area contributed by atoms with Gasteiger partial charge in [0.05, 0.1) is 4.90 Å². The maximum Gasteiger partial charge on any atom is 0.261 e. The number of Topliss-reactive ketones (excluding diaryl/α,β-unsaturated/α-hetero) is 1. The van der Waals surface area contributed by atoms with Crippen molar-refractivity contribution in [2.24, 2.45) is 0 Å². The minimum atomic E-state index is -3.68. The number of aryl methyl sites for hydroxylation is 2. The molecule has 0 unspecified atom stereocenters. The van der Waals surface area contributed by atoms with Gasteiger partial charge in [-0.25, -0.2) is 8.42 Å². The Morgan fingerprint density at radius 1 is 1.00 bits per heavy atom. The summed E-state index contributed by atoms with van der Waals surface area (Å²) in [6.45, 7) is 3.83. The van der Waals surface area contributed by atoms with E-state index in [1.165, 1.54) is 6.20 Å². The molecule has 4 nitrogen and oxygen atoms in total. The van der Waals surface area contributed by atoms with Crippen LogP contribution in [0.25, 0.3) is 5.57 Å². The van der Waals surface area contributed by atoms with Crippen molar-refractivity contribution in [1.29, 1.82) is 0 Å². The van der Waals surface area contributed by atoms with Gasteiger partial charge in [-0.3, -0.25) is 9.52 Å². The van der Waals surface area contributed by atoms with Crippen molar-refractivity contribution in [3.05, 3.63) is 70.9 Å². The average Bonchev–Trinajstić information content (AvgIpc) is 2.80. The summed E-state index contributed by atoms with van der Waals surface area (Å²) in [5.74, 6) is -0.0720. The molecule has 1 N–H and O–H groups in total. The quantitative estimate of drug-likeness (QED) is 0.882. The number of ketones is 1. The van der Waals surface area contributed by atoms with Gasteiger partial charge in [-0.05, 0) is 37.1 Å². The zero-order valence-corrected chi connectivity index (χ0v) is 13.8. The molecule has 0 atom stereocenters. The summed E-state index contributed by atoms with van der Waals surface area (Å²) < 4.78 is 27.1. The molecular formula is C18H17NO3S. The minimum absolute atomic E-state index is 0.0720. The van der Waals surface area contributed by atoms with Crippen molar-refractivity contribution in [3.63, 3.8) is 0 Å². The molecule has 1 aliphatic rings. The molecular weight excluding hydrogens is 310 g/mol. The fourth-order valence-electron chi connectivity index (χ4n) is 2.59. The van der Waals surface area contributed by atoms with E-state index in [-0.39, 0.29) is 10.7 Å². The van der Waals surface area contributed by atoms with Crippen molar-refractivity contribution >= 4 is 21.4 Å². The van der Waals surface area contributed by atoms with Crippen LogP contribution in [0.3, 0.4) is 0 Å². The molecule has 0 saturated carbocycles. The Morgan fingerprint density at radius 3 is 2.35 bits per heavy atom. The molecule has 0 fully saturated rings. The van der Waals surface area contributed by atoms with E-state index in [1.54, 1.807) is 24.3 Å². The van der Waals surface area contributed by atoms with Crippen LogP contribution in [-0.2, 0) is 21.2 Å². The first kappa shape index (κ1) is 15.5. The molecule has 2 aromatic carbocycles. The second-order valence-electron chi connectivity index (χ2n) is 5.75. The van der Waals surface area contributed by atoms with Gasteiger partial charge in [0.1, 0.15) is 0 Å². The van der Waals surface area contributed by atoms with Crippen molar-refractivity contribution in [2.45, 2.75) is 25.2 Å². The third-order valence-electron chi connectivity index (χ3n) is 3.90. The molecule has 2 aromatic rings. The first-order valence-electron chi connectivity index (χ1n) is 7.29. The monoisotopic (exact) mass is 327 g/mol. The van der Waals surface area contributed by atoms with Crippen LogP contribution in [0, 0.1) is 13.8 Å². The van der Waals surface area contributed by atoms with Crippen molar-refractivity contribution in [1.82, 2.24) is 4.72 Å². The predicted molar refractivity (Wildman–Crippen MR) is 89.4 cm³/mol. The minimum Gasteiger partial charge on any atom is -0.294 e. The fourth-order valence-corrected chi connectivity index (χ4v) is 3.50. The van der Waals surface area contributed by atoms with Gasteiger partial charge in [0.2, 0.25) is 0 Å². The molecule has 0 aromatic heterocycles. The zero-order valence-electron chi connectivity index (χ0n) is 13.0. The molecule has 0 amide bonds. The lowest BCUT2D eigenvalue weighted by atomic mass is 10.1.